The van der Waals surface area contributed by atoms with Gasteiger partial charge in [0.1, 0.15) is 13.2 Å². The lowest BCUT2D eigenvalue weighted by atomic mass is 9.96. The normalized spacial score (nSPS) is 18.3. The second kappa shape index (κ2) is 7.86. The van der Waals surface area contributed by atoms with E-state index in [-0.39, 0.29) is 11.8 Å². The lowest BCUT2D eigenvalue weighted by molar-refractivity contribution is -0.120. The van der Waals surface area contributed by atoms with Gasteiger partial charge in [-0.1, -0.05) is 11.6 Å². The van der Waals surface area contributed by atoms with Gasteiger partial charge in [-0.05, 0) is 50.1 Å². The first-order chi connectivity index (χ1) is 14.7. The third kappa shape index (κ3) is 3.65. The van der Waals surface area contributed by atoms with Crippen molar-refractivity contribution in [3.63, 3.8) is 0 Å². The van der Waals surface area contributed by atoms with Crippen LogP contribution in [0.25, 0.3) is 10.9 Å². The van der Waals surface area contributed by atoms with E-state index in [1.165, 1.54) is 5.56 Å². The SMILES string of the molecule is Cc1ccc2nccc(N3CCCC(C(=O)Nc4ccc5c(c4)OCCO5)C3)c2c1. The minimum absolute atomic E-state index is 0.0471. The summed E-state index contributed by atoms with van der Waals surface area (Å²) in [7, 11) is 0. The summed E-state index contributed by atoms with van der Waals surface area (Å²) in [4.78, 5) is 19.8. The van der Waals surface area contributed by atoms with Crippen LogP contribution in [0.3, 0.4) is 0 Å². The molecule has 0 bridgehead atoms. The first-order valence-electron chi connectivity index (χ1n) is 10.5. The molecule has 2 aromatic carbocycles. The molecule has 0 aliphatic carbocycles. The first-order valence-corrected chi connectivity index (χ1v) is 10.5. The van der Waals surface area contributed by atoms with Crippen molar-refractivity contribution in [2.75, 3.05) is 36.5 Å². The molecule has 1 fully saturated rings. The lowest BCUT2D eigenvalue weighted by Crippen LogP contribution is -2.40. The van der Waals surface area contributed by atoms with Crippen LogP contribution in [-0.2, 0) is 4.79 Å². The quantitative estimate of drug-likeness (QED) is 0.711. The average Bonchev–Trinajstić information content (AvgIpc) is 2.78. The molecule has 6 nitrogen and oxygen atoms in total. The Morgan fingerprint density at radius 2 is 1.97 bits per heavy atom. The van der Waals surface area contributed by atoms with Crippen LogP contribution in [0.4, 0.5) is 11.4 Å². The fourth-order valence-electron chi connectivity index (χ4n) is 4.30. The molecule has 1 aromatic heterocycles. The summed E-state index contributed by atoms with van der Waals surface area (Å²) >= 11 is 0. The molecule has 5 rings (SSSR count). The summed E-state index contributed by atoms with van der Waals surface area (Å²) in [6.07, 6.45) is 3.72. The van der Waals surface area contributed by atoms with Crippen LogP contribution in [0.1, 0.15) is 18.4 Å². The van der Waals surface area contributed by atoms with Crippen molar-refractivity contribution in [3.8, 4) is 11.5 Å². The van der Waals surface area contributed by atoms with Crippen LogP contribution in [0.15, 0.2) is 48.7 Å². The summed E-state index contributed by atoms with van der Waals surface area (Å²) in [6.45, 7) is 4.82. The standard InChI is InChI=1S/C24H25N3O3/c1-16-4-6-20-19(13-16)21(8-9-25-20)27-10-2-3-17(15-27)24(28)26-18-5-7-22-23(14-18)30-12-11-29-22/h4-9,13-14,17H,2-3,10-12,15H2,1H3,(H,26,28). The van der Waals surface area contributed by atoms with Gasteiger partial charge in [-0.25, -0.2) is 0 Å². The molecule has 3 aromatic rings. The van der Waals surface area contributed by atoms with E-state index in [1.54, 1.807) is 0 Å². The predicted octanol–water partition coefficient (Wildman–Crippen LogP) is 4.17. The molecule has 1 N–H and O–H groups in total. The molecule has 0 saturated carbocycles. The number of fused-ring (bicyclic) bond motifs is 2. The molecule has 1 saturated heterocycles. The van der Waals surface area contributed by atoms with E-state index in [1.807, 2.05) is 24.4 Å². The number of amides is 1. The zero-order chi connectivity index (χ0) is 20.5. The molecule has 1 unspecified atom stereocenters. The number of pyridine rings is 1. The zero-order valence-corrected chi connectivity index (χ0v) is 17.1. The fourth-order valence-corrected chi connectivity index (χ4v) is 4.30. The summed E-state index contributed by atoms with van der Waals surface area (Å²) in [6, 6.07) is 13.9. The van der Waals surface area contributed by atoms with Crippen molar-refractivity contribution < 1.29 is 14.3 Å². The van der Waals surface area contributed by atoms with E-state index in [9.17, 15) is 4.79 Å². The van der Waals surface area contributed by atoms with Crippen LogP contribution in [-0.4, -0.2) is 37.2 Å². The van der Waals surface area contributed by atoms with Crippen LogP contribution in [0, 0.1) is 12.8 Å². The molecular weight excluding hydrogens is 378 g/mol. The number of hydrogen-bond acceptors (Lipinski definition) is 5. The Balaban J connectivity index is 1.33. The Labute approximate surface area is 175 Å². The van der Waals surface area contributed by atoms with E-state index in [2.05, 4.69) is 46.4 Å². The zero-order valence-electron chi connectivity index (χ0n) is 17.1. The van der Waals surface area contributed by atoms with Crippen molar-refractivity contribution in [2.24, 2.45) is 5.92 Å². The maximum Gasteiger partial charge on any atom is 0.229 e. The number of ether oxygens (including phenoxy) is 2. The van der Waals surface area contributed by atoms with Gasteiger partial charge in [0.15, 0.2) is 11.5 Å². The van der Waals surface area contributed by atoms with Crippen molar-refractivity contribution in [2.45, 2.75) is 19.8 Å². The molecule has 0 radical (unpaired) electrons. The lowest BCUT2D eigenvalue weighted by Gasteiger charge is -2.34. The molecule has 2 aliphatic rings. The van der Waals surface area contributed by atoms with Gasteiger partial charge in [-0.3, -0.25) is 9.78 Å². The summed E-state index contributed by atoms with van der Waals surface area (Å²) < 4.78 is 11.2. The van der Waals surface area contributed by atoms with Crippen molar-refractivity contribution >= 4 is 28.2 Å². The highest BCUT2D eigenvalue weighted by Crippen LogP contribution is 2.34. The molecule has 0 spiro atoms. The number of aryl methyl sites for hydroxylation is 1. The van der Waals surface area contributed by atoms with Crippen LogP contribution >= 0.6 is 0 Å². The van der Waals surface area contributed by atoms with Gasteiger partial charge in [0.2, 0.25) is 5.91 Å². The highest BCUT2D eigenvalue weighted by Gasteiger charge is 2.27. The van der Waals surface area contributed by atoms with Gasteiger partial charge in [-0.2, -0.15) is 0 Å². The summed E-state index contributed by atoms with van der Waals surface area (Å²) in [5.41, 5.74) is 4.09. The molecule has 6 heteroatoms. The van der Waals surface area contributed by atoms with Crippen LogP contribution in [0.2, 0.25) is 0 Å². The molecule has 154 valence electrons. The summed E-state index contributed by atoms with van der Waals surface area (Å²) in [5, 5.41) is 4.21. The number of piperidine rings is 1. The van der Waals surface area contributed by atoms with E-state index >= 15 is 0 Å². The minimum atomic E-state index is -0.0695. The second-order valence-electron chi connectivity index (χ2n) is 7.98. The Morgan fingerprint density at radius 3 is 2.87 bits per heavy atom. The number of carbonyl (C=O) groups is 1. The highest BCUT2D eigenvalue weighted by molar-refractivity contribution is 5.95. The third-order valence-electron chi connectivity index (χ3n) is 5.82. The number of hydrogen-bond donors (Lipinski definition) is 1. The number of nitrogens with one attached hydrogen (secondary N) is 1. The average molecular weight is 403 g/mol. The van der Waals surface area contributed by atoms with E-state index < -0.39 is 0 Å². The van der Waals surface area contributed by atoms with Gasteiger partial charge >= 0.3 is 0 Å². The number of anilines is 2. The third-order valence-corrected chi connectivity index (χ3v) is 5.82. The Bertz CT molecular complexity index is 1100. The molecule has 1 amide bonds. The van der Waals surface area contributed by atoms with Gasteiger partial charge in [0.05, 0.1) is 11.4 Å². The largest absolute Gasteiger partial charge is 0.486 e. The second-order valence-corrected chi connectivity index (χ2v) is 7.98. The molecule has 3 heterocycles. The number of rotatable bonds is 3. The molecule has 2 aliphatic heterocycles. The van der Waals surface area contributed by atoms with Gasteiger partial charge in [0.25, 0.3) is 0 Å². The Morgan fingerprint density at radius 1 is 1.10 bits per heavy atom. The number of benzene rings is 2. The monoisotopic (exact) mass is 403 g/mol. The summed E-state index contributed by atoms with van der Waals surface area (Å²) in [5.74, 6) is 1.39. The number of carbonyl (C=O) groups excluding carboxylic acids is 1. The van der Waals surface area contributed by atoms with Gasteiger partial charge in [-0.15, -0.1) is 0 Å². The maximum absolute atomic E-state index is 13.0. The fraction of sp³-hybridized carbons (Fsp3) is 0.333. The molecule has 1 atom stereocenters. The van der Waals surface area contributed by atoms with Gasteiger partial charge in [0, 0.05) is 42.1 Å². The van der Waals surface area contributed by atoms with E-state index in [0.29, 0.717) is 25.5 Å². The predicted molar refractivity (Wildman–Crippen MR) is 117 cm³/mol. The first kappa shape index (κ1) is 18.7. The van der Waals surface area contributed by atoms with Crippen molar-refractivity contribution in [1.29, 1.82) is 0 Å². The van der Waals surface area contributed by atoms with Gasteiger partial charge < -0.3 is 19.7 Å². The van der Waals surface area contributed by atoms with Crippen molar-refractivity contribution in [3.05, 3.63) is 54.2 Å². The molecular formula is C24H25N3O3. The van der Waals surface area contributed by atoms with E-state index in [0.717, 1.165) is 47.4 Å². The topological polar surface area (TPSA) is 63.7 Å². The number of nitrogens with zero attached hydrogens (tertiary/aromatic N) is 2. The van der Waals surface area contributed by atoms with Crippen LogP contribution in [0.5, 0.6) is 11.5 Å². The van der Waals surface area contributed by atoms with E-state index in [4.69, 9.17) is 9.47 Å². The Hall–Kier alpha value is -3.28. The minimum Gasteiger partial charge on any atom is -0.486 e. The van der Waals surface area contributed by atoms with Crippen molar-refractivity contribution in [1.82, 2.24) is 4.98 Å². The molecule has 30 heavy (non-hydrogen) atoms. The highest BCUT2D eigenvalue weighted by atomic mass is 16.6. The Kier molecular flexibility index (Phi) is 4.91. The smallest absolute Gasteiger partial charge is 0.229 e. The maximum atomic E-state index is 13.0. The number of aromatic nitrogens is 1. The van der Waals surface area contributed by atoms with Crippen LogP contribution < -0.4 is 19.7 Å².